The highest BCUT2D eigenvalue weighted by Gasteiger charge is 2.02. The van der Waals surface area contributed by atoms with Gasteiger partial charge in [-0.2, -0.15) is 0 Å². The SMILES string of the molecule is O=C(O)c1cccc(CNCCO)c1. The van der Waals surface area contributed by atoms with E-state index in [0.29, 0.717) is 13.1 Å². The molecule has 0 fully saturated rings. The molecule has 0 amide bonds. The maximum atomic E-state index is 10.6. The average molecular weight is 195 g/mol. The number of carboxylic acids is 1. The number of aliphatic hydroxyl groups excluding tert-OH is 1. The van der Waals surface area contributed by atoms with E-state index in [4.69, 9.17) is 10.2 Å². The minimum absolute atomic E-state index is 0.0820. The molecule has 0 spiro atoms. The van der Waals surface area contributed by atoms with Crippen LogP contribution in [-0.4, -0.2) is 29.3 Å². The maximum absolute atomic E-state index is 10.6. The van der Waals surface area contributed by atoms with Gasteiger partial charge in [-0.15, -0.1) is 0 Å². The Balaban J connectivity index is 2.59. The third-order valence-corrected chi connectivity index (χ3v) is 1.79. The second-order valence-corrected chi connectivity index (χ2v) is 2.91. The van der Waals surface area contributed by atoms with Crippen molar-refractivity contribution in [3.63, 3.8) is 0 Å². The van der Waals surface area contributed by atoms with E-state index in [0.717, 1.165) is 5.56 Å². The predicted octanol–water partition coefficient (Wildman–Crippen LogP) is 0.467. The number of carboxylic acid groups (broad SMARTS) is 1. The van der Waals surface area contributed by atoms with Gasteiger partial charge in [0.05, 0.1) is 12.2 Å². The summed E-state index contributed by atoms with van der Waals surface area (Å²) in [6.07, 6.45) is 0. The minimum atomic E-state index is -0.922. The molecule has 0 atom stereocenters. The predicted molar refractivity (Wildman–Crippen MR) is 52.2 cm³/mol. The molecular formula is C10H13NO3. The first-order valence-corrected chi connectivity index (χ1v) is 4.38. The highest BCUT2D eigenvalue weighted by atomic mass is 16.4. The van der Waals surface area contributed by atoms with E-state index in [2.05, 4.69) is 5.32 Å². The van der Waals surface area contributed by atoms with Crippen LogP contribution in [0.25, 0.3) is 0 Å². The van der Waals surface area contributed by atoms with Crippen LogP contribution in [0, 0.1) is 0 Å². The average Bonchev–Trinajstić information content (AvgIpc) is 2.19. The Morgan fingerprint density at radius 2 is 2.21 bits per heavy atom. The van der Waals surface area contributed by atoms with E-state index in [1.807, 2.05) is 6.07 Å². The van der Waals surface area contributed by atoms with Gasteiger partial charge in [-0.1, -0.05) is 12.1 Å². The lowest BCUT2D eigenvalue weighted by molar-refractivity contribution is 0.0696. The summed E-state index contributed by atoms with van der Waals surface area (Å²) < 4.78 is 0. The normalized spacial score (nSPS) is 10.1. The first kappa shape index (κ1) is 10.7. The van der Waals surface area contributed by atoms with Gasteiger partial charge in [0.2, 0.25) is 0 Å². The van der Waals surface area contributed by atoms with Crippen LogP contribution in [0.1, 0.15) is 15.9 Å². The molecule has 0 aliphatic rings. The lowest BCUT2D eigenvalue weighted by atomic mass is 10.1. The lowest BCUT2D eigenvalue weighted by Gasteiger charge is -2.03. The van der Waals surface area contributed by atoms with Gasteiger partial charge in [-0.25, -0.2) is 4.79 Å². The zero-order chi connectivity index (χ0) is 10.4. The number of aliphatic hydroxyl groups is 1. The molecular weight excluding hydrogens is 182 g/mol. The highest BCUT2D eigenvalue weighted by Crippen LogP contribution is 2.04. The van der Waals surface area contributed by atoms with Gasteiger partial charge in [0.1, 0.15) is 0 Å². The van der Waals surface area contributed by atoms with Crippen LogP contribution in [0.5, 0.6) is 0 Å². The smallest absolute Gasteiger partial charge is 0.335 e. The molecule has 3 N–H and O–H groups in total. The van der Waals surface area contributed by atoms with Crippen molar-refractivity contribution in [1.82, 2.24) is 5.32 Å². The molecule has 0 heterocycles. The summed E-state index contributed by atoms with van der Waals surface area (Å²) >= 11 is 0. The molecule has 0 unspecified atom stereocenters. The van der Waals surface area contributed by atoms with Gasteiger partial charge in [-0.05, 0) is 17.7 Å². The summed E-state index contributed by atoms with van der Waals surface area (Å²) in [5.74, 6) is -0.922. The van der Waals surface area contributed by atoms with E-state index in [1.54, 1.807) is 18.2 Å². The van der Waals surface area contributed by atoms with Crippen molar-refractivity contribution in [3.05, 3.63) is 35.4 Å². The van der Waals surface area contributed by atoms with Gasteiger partial charge >= 0.3 is 5.97 Å². The molecule has 1 aromatic carbocycles. The molecule has 1 rings (SSSR count). The minimum Gasteiger partial charge on any atom is -0.478 e. The zero-order valence-electron chi connectivity index (χ0n) is 7.73. The molecule has 1 aromatic rings. The quantitative estimate of drug-likeness (QED) is 0.597. The fraction of sp³-hybridized carbons (Fsp3) is 0.300. The molecule has 0 saturated carbocycles. The Kier molecular flexibility index (Phi) is 4.10. The van der Waals surface area contributed by atoms with Crippen molar-refractivity contribution in [2.45, 2.75) is 6.54 Å². The number of carbonyl (C=O) groups is 1. The molecule has 4 heteroatoms. The number of nitrogens with one attached hydrogen (secondary N) is 1. The summed E-state index contributed by atoms with van der Waals surface area (Å²) in [7, 11) is 0. The van der Waals surface area contributed by atoms with Crippen molar-refractivity contribution in [2.75, 3.05) is 13.2 Å². The molecule has 4 nitrogen and oxygen atoms in total. The molecule has 0 bridgehead atoms. The van der Waals surface area contributed by atoms with Gasteiger partial charge in [0.15, 0.2) is 0 Å². The fourth-order valence-electron chi connectivity index (χ4n) is 1.13. The van der Waals surface area contributed by atoms with Crippen LogP contribution >= 0.6 is 0 Å². The Morgan fingerprint density at radius 1 is 1.43 bits per heavy atom. The number of rotatable bonds is 5. The first-order valence-electron chi connectivity index (χ1n) is 4.38. The van der Waals surface area contributed by atoms with Crippen molar-refractivity contribution >= 4 is 5.97 Å². The topological polar surface area (TPSA) is 69.6 Å². The molecule has 0 aliphatic carbocycles. The lowest BCUT2D eigenvalue weighted by Crippen LogP contribution is -2.17. The molecule has 0 radical (unpaired) electrons. The fourth-order valence-corrected chi connectivity index (χ4v) is 1.13. The van der Waals surface area contributed by atoms with Gasteiger partial charge in [0, 0.05) is 13.1 Å². The highest BCUT2D eigenvalue weighted by molar-refractivity contribution is 5.87. The number of hydrogen-bond acceptors (Lipinski definition) is 3. The Hall–Kier alpha value is -1.39. The van der Waals surface area contributed by atoms with Gasteiger partial charge in [-0.3, -0.25) is 0 Å². The van der Waals surface area contributed by atoms with Crippen molar-refractivity contribution < 1.29 is 15.0 Å². The second kappa shape index (κ2) is 5.36. The monoisotopic (exact) mass is 195 g/mol. The first-order chi connectivity index (χ1) is 6.74. The van der Waals surface area contributed by atoms with E-state index in [9.17, 15) is 4.79 Å². The molecule has 0 aromatic heterocycles. The van der Waals surface area contributed by atoms with Crippen LogP contribution in [-0.2, 0) is 6.54 Å². The van der Waals surface area contributed by atoms with E-state index < -0.39 is 5.97 Å². The summed E-state index contributed by atoms with van der Waals surface area (Å²) in [6, 6.07) is 6.72. The standard InChI is InChI=1S/C10H13NO3/c12-5-4-11-7-8-2-1-3-9(6-8)10(13)14/h1-3,6,11-12H,4-5,7H2,(H,13,14). The van der Waals surface area contributed by atoms with Crippen LogP contribution in [0.4, 0.5) is 0 Å². The molecule has 0 saturated heterocycles. The van der Waals surface area contributed by atoms with Gasteiger partial charge < -0.3 is 15.5 Å². The van der Waals surface area contributed by atoms with Crippen LogP contribution in [0.2, 0.25) is 0 Å². The zero-order valence-corrected chi connectivity index (χ0v) is 7.73. The Bertz CT molecular complexity index is 312. The van der Waals surface area contributed by atoms with Crippen LogP contribution in [0.3, 0.4) is 0 Å². The van der Waals surface area contributed by atoms with Crippen molar-refractivity contribution in [1.29, 1.82) is 0 Å². The Morgan fingerprint density at radius 3 is 2.86 bits per heavy atom. The maximum Gasteiger partial charge on any atom is 0.335 e. The molecule has 14 heavy (non-hydrogen) atoms. The van der Waals surface area contributed by atoms with Gasteiger partial charge in [0.25, 0.3) is 0 Å². The largest absolute Gasteiger partial charge is 0.478 e. The van der Waals surface area contributed by atoms with E-state index in [-0.39, 0.29) is 12.2 Å². The van der Waals surface area contributed by atoms with Crippen molar-refractivity contribution in [2.24, 2.45) is 0 Å². The third kappa shape index (κ3) is 3.16. The third-order valence-electron chi connectivity index (χ3n) is 1.79. The van der Waals surface area contributed by atoms with Crippen molar-refractivity contribution in [3.8, 4) is 0 Å². The molecule has 0 aliphatic heterocycles. The van der Waals surface area contributed by atoms with E-state index in [1.165, 1.54) is 0 Å². The summed E-state index contributed by atoms with van der Waals surface area (Å²) in [5.41, 5.74) is 1.19. The summed E-state index contributed by atoms with van der Waals surface area (Å²) in [5, 5.41) is 20.2. The number of aromatic carboxylic acids is 1. The van der Waals surface area contributed by atoms with Crippen LogP contribution in [0.15, 0.2) is 24.3 Å². The number of benzene rings is 1. The van der Waals surface area contributed by atoms with Crippen LogP contribution < -0.4 is 5.32 Å². The Labute approximate surface area is 82.2 Å². The molecule has 76 valence electrons. The van der Waals surface area contributed by atoms with E-state index >= 15 is 0 Å². The summed E-state index contributed by atoms with van der Waals surface area (Å²) in [4.78, 5) is 10.6. The number of hydrogen-bond donors (Lipinski definition) is 3. The second-order valence-electron chi connectivity index (χ2n) is 2.91. The summed E-state index contributed by atoms with van der Waals surface area (Å²) in [6.45, 7) is 1.16.